The van der Waals surface area contributed by atoms with E-state index in [1.54, 1.807) is 29.4 Å². The Bertz CT molecular complexity index is 785. The summed E-state index contributed by atoms with van der Waals surface area (Å²) < 4.78 is 13.3. The fourth-order valence-corrected chi connectivity index (χ4v) is 3.14. The molecule has 0 aliphatic carbocycles. The van der Waals surface area contributed by atoms with Gasteiger partial charge in [-0.05, 0) is 36.2 Å². The predicted octanol–water partition coefficient (Wildman–Crippen LogP) is 2.19. The van der Waals surface area contributed by atoms with Crippen LogP contribution in [0.15, 0.2) is 48.8 Å². The molecule has 27 heavy (non-hydrogen) atoms. The first-order chi connectivity index (χ1) is 13.1. The van der Waals surface area contributed by atoms with Crippen LogP contribution in [0.4, 0.5) is 10.1 Å². The van der Waals surface area contributed by atoms with Gasteiger partial charge < -0.3 is 15.5 Å². The molecule has 0 radical (unpaired) electrons. The molecule has 1 aromatic carbocycles. The summed E-state index contributed by atoms with van der Waals surface area (Å²) in [7, 11) is 0. The number of carbonyl (C=O) groups excluding carboxylic acids is 2. The molecule has 1 fully saturated rings. The van der Waals surface area contributed by atoms with Gasteiger partial charge in [0.1, 0.15) is 5.82 Å². The van der Waals surface area contributed by atoms with E-state index in [9.17, 15) is 14.0 Å². The van der Waals surface area contributed by atoms with Crippen molar-refractivity contribution >= 4 is 17.5 Å². The number of carbonyl (C=O) groups is 2. The minimum absolute atomic E-state index is 0.00144. The standard InChI is InChI=1S/C20H23FN4O2/c21-17-4-1-3-15(11-17)13-25-14-16(6-7-19(25)26)20(27)24-10-9-23-18-5-2-8-22-12-18/h1-5,8,11-12,16,23H,6-7,9-10,13-14H2,(H,24,27)/t16-/m1/s1. The van der Waals surface area contributed by atoms with Crippen molar-refractivity contribution in [2.24, 2.45) is 5.92 Å². The molecule has 7 heteroatoms. The lowest BCUT2D eigenvalue weighted by Crippen LogP contribution is -2.46. The van der Waals surface area contributed by atoms with Crippen molar-refractivity contribution in [1.29, 1.82) is 0 Å². The van der Waals surface area contributed by atoms with Crippen molar-refractivity contribution < 1.29 is 14.0 Å². The van der Waals surface area contributed by atoms with E-state index < -0.39 is 0 Å². The zero-order chi connectivity index (χ0) is 19.1. The normalized spacial score (nSPS) is 16.9. The number of halogens is 1. The maximum absolute atomic E-state index is 13.3. The van der Waals surface area contributed by atoms with Gasteiger partial charge in [-0.15, -0.1) is 0 Å². The number of anilines is 1. The van der Waals surface area contributed by atoms with E-state index in [1.807, 2.05) is 12.1 Å². The molecule has 1 aliphatic heterocycles. The highest BCUT2D eigenvalue weighted by Crippen LogP contribution is 2.20. The SMILES string of the molecule is O=C(NCCNc1cccnc1)[C@@H]1CCC(=O)N(Cc2cccc(F)c2)C1. The highest BCUT2D eigenvalue weighted by Gasteiger charge is 2.30. The Balaban J connectivity index is 1.46. The minimum Gasteiger partial charge on any atom is -0.382 e. The van der Waals surface area contributed by atoms with Crippen molar-refractivity contribution in [1.82, 2.24) is 15.2 Å². The van der Waals surface area contributed by atoms with E-state index in [0.29, 0.717) is 39.0 Å². The smallest absolute Gasteiger partial charge is 0.224 e. The summed E-state index contributed by atoms with van der Waals surface area (Å²) in [5.74, 6) is -0.622. The number of hydrogen-bond acceptors (Lipinski definition) is 4. The quantitative estimate of drug-likeness (QED) is 0.733. The van der Waals surface area contributed by atoms with Crippen LogP contribution in [0, 0.1) is 11.7 Å². The van der Waals surface area contributed by atoms with Gasteiger partial charge in [0.25, 0.3) is 0 Å². The second-order valence-electron chi connectivity index (χ2n) is 6.60. The third kappa shape index (κ3) is 5.51. The Morgan fingerprint density at radius 1 is 1.26 bits per heavy atom. The predicted molar refractivity (Wildman–Crippen MR) is 100 cm³/mol. The van der Waals surface area contributed by atoms with Crippen LogP contribution < -0.4 is 10.6 Å². The molecule has 1 saturated heterocycles. The van der Waals surface area contributed by atoms with E-state index in [4.69, 9.17) is 0 Å². The molecule has 2 aromatic rings. The number of amides is 2. The van der Waals surface area contributed by atoms with Crippen molar-refractivity contribution in [3.63, 3.8) is 0 Å². The monoisotopic (exact) mass is 370 g/mol. The van der Waals surface area contributed by atoms with Crippen molar-refractivity contribution in [3.8, 4) is 0 Å². The van der Waals surface area contributed by atoms with Crippen LogP contribution in [0.1, 0.15) is 18.4 Å². The topological polar surface area (TPSA) is 74.3 Å². The van der Waals surface area contributed by atoms with Crippen molar-refractivity contribution in [3.05, 3.63) is 60.2 Å². The summed E-state index contributed by atoms with van der Waals surface area (Å²) >= 11 is 0. The van der Waals surface area contributed by atoms with Gasteiger partial charge in [-0.1, -0.05) is 12.1 Å². The van der Waals surface area contributed by atoms with Crippen LogP contribution in [0.25, 0.3) is 0 Å². The molecule has 2 amide bonds. The molecule has 3 rings (SSSR count). The van der Waals surface area contributed by atoms with Gasteiger partial charge in [-0.3, -0.25) is 14.6 Å². The average molecular weight is 370 g/mol. The van der Waals surface area contributed by atoms with Crippen molar-refractivity contribution in [2.75, 3.05) is 25.0 Å². The Labute approximate surface area is 157 Å². The summed E-state index contributed by atoms with van der Waals surface area (Å²) in [5.41, 5.74) is 1.63. The van der Waals surface area contributed by atoms with Gasteiger partial charge in [0.2, 0.25) is 11.8 Å². The molecule has 0 spiro atoms. The number of pyridine rings is 1. The third-order valence-corrected chi connectivity index (χ3v) is 4.55. The van der Waals surface area contributed by atoms with Crippen LogP contribution >= 0.6 is 0 Å². The Kier molecular flexibility index (Phi) is 6.35. The largest absolute Gasteiger partial charge is 0.382 e. The molecule has 6 nitrogen and oxygen atoms in total. The molecule has 0 saturated carbocycles. The highest BCUT2D eigenvalue weighted by molar-refractivity contribution is 5.83. The molecular weight excluding hydrogens is 347 g/mol. The van der Waals surface area contributed by atoms with Gasteiger partial charge >= 0.3 is 0 Å². The molecular formula is C20H23FN4O2. The number of hydrogen-bond donors (Lipinski definition) is 2. The second-order valence-corrected chi connectivity index (χ2v) is 6.60. The van der Waals surface area contributed by atoms with Crippen LogP contribution in [-0.4, -0.2) is 41.3 Å². The van der Waals surface area contributed by atoms with E-state index in [-0.39, 0.29) is 23.5 Å². The highest BCUT2D eigenvalue weighted by atomic mass is 19.1. The van der Waals surface area contributed by atoms with Gasteiger partial charge in [0.15, 0.2) is 0 Å². The van der Waals surface area contributed by atoms with Crippen LogP contribution in [0.3, 0.4) is 0 Å². The van der Waals surface area contributed by atoms with E-state index in [2.05, 4.69) is 15.6 Å². The summed E-state index contributed by atoms with van der Waals surface area (Å²) in [4.78, 5) is 30.2. The van der Waals surface area contributed by atoms with Crippen LogP contribution in [0.5, 0.6) is 0 Å². The molecule has 142 valence electrons. The first-order valence-corrected chi connectivity index (χ1v) is 9.05. The van der Waals surface area contributed by atoms with E-state index in [1.165, 1.54) is 12.1 Å². The number of piperidine rings is 1. The second kappa shape index (κ2) is 9.12. The van der Waals surface area contributed by atoms with Gasteiger partial charge in [-0.25, -0.2) is 4.39 Å². The first kappa shape index (κ1) is 18.8. The molecule has 0 unspecified atom stereocenters. The number of aromatic nitrogens is 1. The van der Waals surface area contributed by atoms with Crippen LogP contribution in [0.2, 0.25) is 0 Å². The molecule has 2 N–H and O–H groups in total. The van der Waals surface area contributed by atoms with E-state index in [0.717, 1.165) is 11.3 Å². The van der Waals surface area contributed by atoms with E-state index >= 15 is 0 Å². The summed E-state index contributed by atoms with van der Waals surface area (Å²) in [6.45, 7) is 1.76. The average Bonchev–Trinajstić information content (AvgIpc) is 2.68. The number of nitrogens with zero attached hydrogens (tertiary/aromatic N) is 2. The zero-order valence-corrected chi connectivity index (χ0v) is 15.0. The molecule has 1 aromatic heterocycles. The lowest BCUT2D eigenvalue weighted by Gasteiger charge is -2.32. The zero-order valence-electron chi connectivity index (χ0n) is 15.0. The molecule has 0 bridgehead atoms. The van der Waals surface area contributed by atoms with Gasteiger partial charge in [0.05, 0.1) is 11.6 Å². The Morgan fingerprint density at radius 3 is 2.93 bits per heavy atom. The van der Waals surface area contributed by atoms with Crippen molar-refractivity contribution in [2.45, 2.75) is 19.4 Å². The third-order valence-electron chi connectivity index (χ3n) is 4.55. The molecule has 2 heterocycles. The molecule has 1 aliphatic rings. The van der Waals surface area contributed by atoms with Gasteiger partial charge in [0, 0.05) is 45.0 Å². The van der Waals surface area contributed by atoms with Gasteiger partial charge in [-0.2, -0.15) is 0 Å². The maximum Gasteiger partial charge on any atom is 0.224 e. The number of rotatable bonds is 7. The summed E-state index contributed by atoms with van der Waals surface area (Å²) in [6, 6.07) is 9.94. The Morgan fingerprint density at radius 2 is 2.15 bits per heavy atom. The fraction of sp³-hybridized carbons (Fsp3) is 0.350. The lowest BCUT2D eigenvalue weighted by atomic mass is 9.96. The minimum atomic E-state index is -0.327. The number of benzene rings is 1. The summed E-state index contributed by atoms with van der Waals surface area (Å²) in [5, 5.41) is 6.09. The first-order valence-electron chi connectivity index (χ1n) is 9.05. The number of nitrogens with one attached hydrogen (secondary N) is 2. The maximum atomic E-state index is 13.3. The van der Waals surface area contributed by atoms with Crippen LogP contribution in [-0.2, 0) is 16.1 Å². The summed E-state index contributed by atoms with van der Waals surface area (Å²) in [6.07, 6.45) is 4.30. The number of likely N-dealkylation sites (tertiary alicyclic amines) is 1. The lowest BCUT2D eigenvalue weighted by molar-refractivity contribution is -0.138. The fourth-order valence-electron chi connectivity index (χ4n) is 3.14. The Hall–Kier alpha value is -2.96. The molecule has 1 atom stereocenters.